The van der Waals surface area contributed by atoms with Crippen LogP contribution >= 0.6 is 38.9 Å². The van der Waals surface area contributed by atoms with Crippen LogP contribution in [0.2, 0.25) is 5.02 Å². The van der Waals surface area contributed by atoms with Crippen LogP contribution in [0.5, 0.6) is 0 Å². The normalized spacial score (nSPS) is 13.6. The molecular formula is C10H11BrClN3O2S2. The van der Waals surface area contributed by atoms with Crippen LogP contribution in [0.4, 0.5) is 0 Å². The third-order valence-electron chi connectivity index (χ3n) is 2.29. The smallest absolute Gasteiger partial charge is 0.250 e. The Morgan fingerprint density at radius 2 is 2.37 bits per heavy atom. The zero-order valence-corrected chi connectivity index (χ0v) is 13.9. The van der Waals surface area contributed by atoms with Gasteiger partial charge in [0.1, 0.15) is 4.21 Å². The van der Waals surface area contributed by atoms with Gasteiger partial charge in [0, 0.05) is 25.0 Å². The van der Waals surface area contributed by atoms with E-state index < -0.39 is 10.0 Å². The number of aromatic nitrogens is 2. The zero-order valence-electron chi connectivity index (χ0n) is 9.88. The Balaban J connectivity index is 2.08. The largest absolute Gasteiger partial charge is 0.336 e. The van der Waals surface area contributed by atoms with Crippen LogP contribution in [0, 0.1) is 0 Å². The summed E-state index contributed by atoms with van der Waals surface area (Å²) in [4.78, 5) is 3.91. The molecule has 1 N–H and O–H groups in total. The minimum absolute atomic E-state index is 0.196. The molecule has 0 amide bonds. The average Bonchev–Trinajstić information content (AvgIpc) is 2.89. The highest BCUT2D eigenvalue weighted by atomic mass is 79.9. The van der Waals surface area contributed by atoms with E-state index >= 15 is 0 Å². The third-order valence-corrected chi connectivity index (χ3v) is 6.83. The van der Waals surface area contributed by atoms with E-state index in [2.05, 4.69) is 25.6 Å². The Labute approximate surface area is 128 Å². The Hall–Kier alpha value is -0.410. The van der Waals surface area contributed by atoms with E-state index in [0.717, 1.165) is 11.3 Å². The Bertz CT molecular complexity index is 635. The fourth-order valence-corrected chi connectivity index (χ4v) is 5.18. The topological polar surface area (TPSA) is 64.0 Å². The molecule has 2 aromatic rings. The fraction of sp³-hybridized carbons (Fsp3) is 0.300. The van der Waals surface area contributed by atoms with Gasteiger partial charge in [0.2, 0.25) is 10.0 Å². The molecule has 0 fully saturated rings. The molecule has 1 atom stereocenters. The van der Waals surface area contributed by atoms with E-state index in [1.165, 1.54) is 6.07 Å². The minimum atomic E-state index is -3.54. The molecule has 0 spiro atoms. The monoisotopic (exact) mass is 383 g/mol. The summed E-state index contributed by atoms with van der Waals surface area (Å²) in [5, 5.41) is 0.396. The van der Waals surface area contributed by atoms with E-state index in [1.807, 2.05) is 4.57 Å². The Morgan fingerprint density at radius 3 is 2.89 bits per heavy atom. The predicted molar refractivity (Wildman–Crippen MR) is 79.0 cm³/mol. The van der Waals surface area contributed by atoms with Crippen molar-refractivity contribution >= 4 is 48.9 Å². The molecule has 0 aliphatic carbocycles. The number of nitrogens with one attached hydrogen (secondary N) is 1. The van der Waals surface area contributed by atoms with Crippen LogP contribution < -0.4 is 4.72 Å². The molecule has 0 aromatic carbocycles. The molecule has 5 nitrogen and oxygen atoms in total. The molecule has 0 saturated carbocycles. The summed E-state index contributed by atoms with van der Waals surface area (Å²) in [6.45, 7) is 2.31. The van der Waals surface area contributed by atoms with E-state index in [9.17, 15) is 8.42 Å². The molecule has 19 heavy (non-hydrogen) atoms. The van der Waals surface area contributed by atoms with E-state index in [-0.39, 0.29) is 10.3 Å². The second kappa shape index (κ2) is 5.92. The quantitative estimate of drug-likeness (QED) is 0.862. The molecule has 9 heteroatoms. The van der Waals surface area contributed by atoms with Gasteiger partial charge in [0.15, 0.2) is 0 Å². The molecule has 2 heterocycles. The van der Waals surface area contributed by atoms with Crippen LogP contribution in [0.3, 0.4) is 0 Å². The van der Waals surface area contributed by atoms with Crippen molar-refractivity contribution in [2.24, 2.45) is 0 Å². The zero-order chi connectivity index (χ0) is 14.0. The highest BCUT2D eigenvalue weighted by molar-refractivity contribution is 9.11. The third kappa shape index (κ3) is 3.79. The number of thiophene rings is 1. The standard InChI is InChI=1S/C10H11BrClN3O2S2/c1-7(5-15-3-2-13-6-15)14-19(16,17)9-4-8(12)10(11)18-9/h2-4,6-7,14H,5H2,1H3. The number of hydrogen-bond acceptors (Lipinski definition) is 4. The van der Waals surface area contributed by atoms with Gasteiger partial charge in [-0.3, -0.25) is 0 Å². The average molecular weight is 385 g/mol. The fourth-order valence-electron chi connectivity index (χ4n) is 1.53. The highest BCUT2D eigenvalue weighted by Gasteiger charge is 2.21. The van der Waals surface area contributed by atoms with Gasteiger partial charge in [-0.15, -0.1) is 11.3 Å². The molecule has 0 aliphatic rings. The van der Waals surface area contributed by atoms with Crippen molar-refractivity contribution < 1.29 is 8.42 Å². The summed E-state index contributed by atoms with van der Waals surface area (Å²) in [6, 6.07) is 1.18. The van der Waals surface area contributed by atoms with E-state index in [1.54, 1.807) is 25.6 Å². The predicted octanol–water partition coefficient (Wildman–Crippen LogP) is 2.73. The van der Waals surface area contributed by atoms with Gasteiger partial charge in [0.05, 0.1) is 15.1 Å². The Morgan fingerprint density at radius 1 is 1.63 bits per heavy atom. The van der Waals surface area contributed by atoms with Crippen LogP contribution in [-0.4, -0.2) is 24.0 Å². The van der Waals surface area contributed by atoms with Crippen molar-refractivity contribution in [1.29, 1.82) is 0 Å². The lowest BCUT2D eigenvalue weighted by Crippen LogP contribution is -2.35. The first-order valence-corrected chi connectivity index (χ1v) is 8.78. The van der Waals surface area contributed by atoms with Crippen LogP contribution in [0.25, 0.3) is 0 Å². The van der Waals surface area contributed by atoms with Crippen molar-refractivity contribution in [3.63, 3.8) is 0 Å². The van der Waals surface area contributed by atoms with Gasteiger partial charge in [-0.2, -0.15) is 0 Å². The summed E-state index contributed by atoms with van der Waals surface area (Å²) >= 11 is 10.1. The summed E-state index contributed by atoms with van der Waals surface area (Å²) in [5.74, 6) is 0. The second-order valence-corrected chi connectivity index (χ2v) is 8.69. The van der Waals surface area contributed by atoms with Crippen molar-refractivity contribution in [1.82, 2.24) is 14.3 Å². The first-order valence-electron chi connectivity index (χ1n) is 5.31. The van der Waals surface area contributed by atoms with Gasteiger partial charge < -0.3 is 4.57 Å². The second-order valence-electron chi connectivity index (χ2n) is 3.97. The van der Waals surface area contributed by atoms with Crippen LogP contribution in [-0.2, 0) is 16.6 Å². The number of nitrogens with zero attached hydrogens (tertiary/aromatic N) is 2. The van der Waals surface area contributed by atoms with Gasteiger partial charge in [-0.1, -0.05) is 11.6 Å². The molecule has 2 rings (SSSR count). The molecule has 104 valence electrons. The van der Waals surface area contributed by atoms with Crippen LogP contribution in [0.1, 0.15) is 6.92 Å². The van der Waals surface area contributed by atoms with E-state index in [4.69, 9.17) is 11.6 Å². The number of imidazole rings is 1. The number of hydrogen-bond donors (Lipinski definition) is 1. The van der Waals surface area contributed by atoms with Crippen molar-refractivity contribution in [3.8, 4) is 0 Å². The maximum absolute atomic E-state index is 12.1. The van der Waals surface area contributed by atoms with Gasteiger partial charge in [0.25, 0.3) is 0 Å². The summed E-state index contributed by atoms with van der Waals surface area (Å²) in [7, 11) is -3.54. The van der Waals surface area contributed by atoms with Gasteiger partial charge in [-0.25, -0.2) is 18.1 Å². The Kier molecular flexibility index (Phi) is 4.67. The summed E-state index contributed by atoms with van der Waals surface area (Å²) in [5.41, 5.74) is 0. The lowest BCUT2D eigenvalue weighted by Gasteiger charge is -2.13. The SMILES string of the molecule is CC(Cn1ccnc1)NS(=O)(=O)c1cc(Cl)c(Br)s1. The highest BCUT2D eigenvalue weighted by Crippen LogP contribution is 2.34. The van der Waals surface area contributed by atoms with Crippen molar-refractivity contribution in [2.45, 2.75) is 23.7 Å². The maximum atomic E-state index is 12.1. The van der Waals surface area contributed by atoms with Gasteiger partial charge >= 0.3 is 0 Å². The molecule has 0 saturated heterocycles. The lowest BCUT2D eigenvalue weighted by atomic mass is 10.4. The minimum Gasteiger partial charge on any atom is -0.336 e. The number of halogens is 2. The molecule has 1 unspecified atom stereocenters. The van der Waals surface area contributed by atoms with Crippen molar-refractivity contribution in [2.75, 3.05) is 0 Å². The molecule has 2 aromatic heterocycles. The lowest BCUT2D eigenvalue weighted by molar-refractivity contribution is 0.521. The van der Waals surface area contributed by atoms with Gasteiger partial charge in [-0.05, 0) is 28.9 Å². The molecule has 0 bridgehead atoms. The summed E-state index contributed by atoms with van der Waals surface area (Å²) < 4.78 is 29.5. The van der Waals surface area contributed by atoms with E-state index in [0.29, 0.717) is 15.4 Å². The van der Waals surface area contributed by atoms with Crippen molar-refractivity contribution in [3.05, 3.63) is 33.6 Å². The molecule has 0 radical (unpaired) electrons. The summed E-state index contributed by atoms with van der Waals surface area (Å²) in [6.07, 6.45) is 5.07. The first-order chi connectivity index (χ1) is 8.88. The molecule has 0 aliphatic heterocycles. The number of rotatable bonds is 5. The van der Waals surface area contributed by atoms with Crippen LogP contribution in [0.15, 0.2) is 32.8 Å². The first kappa shape index (κ1) is 15.0. The number of sulfonamides is 1. The maximum Gasteiger partial charge on any atom is 0.250 e. The molecular weight excluding hydrogens is 374 g/mol.